The van der Waals surface area contributed by atoms with Gasteiger partial charge in [-0.15, -0.1) is 0 Å². The molecule has 154 valence electrons. The lowest BCUT2D eigenvalue weighted by molar-refractivity contribution is 0.0921. The van der Waals surface area contributed by atoms with Crippen molar-refractivity contribution < 1.29 is 13.6 Å². The number of fused-ring (bicyclic) bond motifs is 1. The van der Waals surface area contributed by atoms with E-state index in [2.05, 4.69) is 10.4 Å². The van der Waals surface area contributed by atoms with Crippen LogP contribution in [-0.4, -0.2) is 58.7 Å². The summed E-state index contributed by atoms with van der Waals surface area (Å²) in [5.41, 5.74) is 2.69. The zero-order chi connectivity index (χ0) is 21.0. The molecule has 0 bridgehead atoms. The number of aromatic nitrogens is 3. The van der Waals surface area contributed by atoms with Crippen molar-refractivity contribution >= 4 is 16.9 Å². The maximum Gasteiger partial charge on any atom is 0.252 e. The van der Waals surface area contributed by atoms with Crippen LogP contribution < -0.4 is 5.32 Å². The number of rotatable bonds is 8. The SMILES string of the molecule is CC(C)n1ncc2c(C(=O)NCCN(C)CC(F)F)cc(-c3ccccc3)nc21. The molecule has 0 unspecified atom stereocenters. The Morgan fingerprint density at radius 3 is 2.62 bits per heavy atom. The second-order valence-electron chi connectivity index (χ2n) is 7.25. The average molecular weight is 401 g/mol. The molecule has 29 heavy (non-hydrogen) atoms. The molecule has 0 fully saturated rings. The number of benzene rings is 1. The van der Waals surface area contributed by atoms with Gasteiger partial charge in [-0.25, -0.2) is 18.4 Å². The third-order valence-corrected chi connectivity index (χ3v) is 4.60. The minimum absolute atomic E-state index is 0.0879. The molecule has 2 aromatic heterocycles. The van der Waals surface area contributed by atoms with Crippen molar-refractivity contribution in [1.29, 1.82) is 0 Å². The summed E-state index contributed by atoms with van der Waals surface area (Å²) in [6, 6.07) is 11.5. The van der Waals surface area contributed by atoms with Crippen LogP contribution in [0.2, 0.25) is 0 Å². The fourth-order valence-electron chi connectivity index (χ4n) is 3.12. The second kappa shape index (κ2) is 9.09. The van der Waals surface area contributed by atoms with Gasteiger partial charge in [-0.3, -0.25) is 9.69 Å². The van der Waals surface area contributed by atoms with Crippen molar-refractivity contribution in [2.45, 2.75) is 26.3 Å². The number of pyridine rings is 1. The van der Waals surface area contributed by atoms with E-state index in [0.29, 0.717) is 28.8 Å². The zero-order valence-corrected chi connectivity index (χ0v) is 16.8. The Morgan fingerprint density at radius 1 is 1.24 bits per heavy atom. The van der Waals surface area contributed by atoms with Crippen LogP contribution in [0.4, 0.5) is 8.78 Å². The minimum atomic E-state index is -2.40. The van der Waals surface area contributed by atoms with Gasteiger partial charge >= 0.3 is 0 Å². The number of alkyl halides is 2. The molecule has 2 heterocycles. The number of carbonyl (C=O) groups excluding carboxylic acids is 1. The molecular weight excluding hydrogens is 376 g/mol. The molecule has 0 spiro atoms. The lowest BCUT2D eigenvalue weighted by Gasteiger charge is -2.16. The van der Waals surface area contributed by atoms with Gasteiger partial charge in [0.1, 0.15) is 0 Å². The fourth-order valence-corrected chi connectivity index (χ4v) is 3.12. The molecule has 8 heteroatoms. The molecule has 0 aliphatic heterocycles. The third-order valence-electron chi connectivity index (χ3n) is 4.60. The molecule has 1 aromatic carbocycles. The van der Waals surface area contributed by atoms with E-state index in [-0.39, 0.29) is 25.0 Å². The predicted octanol–water partition coefficient (Wildman–Crippen LogP) is 3.61. The van der Waals surface area contributed by atoms with Crippen LogP contribution in [-0.2, 0) is 0 Å². The monoisotopic (exact) mass is 401 g/mol. The number of nitrogens with zero attached hydrogens (tertiary/aromatic N) is 4. The third kappa shape index (κ3) is 4.95. The van der Waals surface area contributed by atoms with Gasteiger partial charge in [-0.2, -0.15) is 5.10 Å². The van der Waals surface area contributed by atoms with Crippen molar-refractivity contribution in [3.8, 4) is 11.3 Å². The van der Waals surface area contributed by atoms with Gasteiger partial charge in [0.05, 0.1) is 29.4 Å². The molecule has 0 saturated heterocycles. The molecular formula is C21H25F2N5O. The number of hydrogen-bond acceptors (Lipinski definition) is 4. The standard InChI is InChI=1S/C21H25F2N5O/c1-14(2)28-20-17(12-25-28)16(11-18(26-20)15-7-5-4-6-8-15)21(29)24-9-10-27(3)13-19(22)23/h4-8,11-12,14,19H,9-10,13H2,1-3H3,(H,24,29). The van der Waals surface area contributed by atoms with E-state index >= 15 is 0 Å². The van der Waals surface area contributed by atoms with Crippen LogP contribution >= 0.6 is 0 Å². The molecule has 1 N–H and O–H groups in total. The normalized spacial score (nSPS) is 11.7. The van der Waals surface area contributed by atoms with Crippen LogP contribution in [0.25, 0.3) is 22.3 Å². The van der Waals surface area contributed by atoms with Crippen molar-refractivity contribution in [2.75, 3.05) is 26.7 Å². The van der Waals surface area contributed by atoms with E-state index in [1.54, 1.807) is 24.0 Å². The highest BCUT2D eigenvalue weighted by Gasteiger charge is 2.18. The van der Waals surface area contributed by atoms with E-state index in [4.69, 9.17) is 4.98 Å². The minimum Gasteiger partial charge on any atom is -0.351 e. The molecule has 0 saturated carbocycles. The highest BCUT2D eigenvalue weighted by Crippen LogP contribution is 2.26. The number of amides is 1. The summed E-state index contributed by atoms with van der Waals surface area (Å²) in [6.45, 7) is 4.28. The Kier molecular flexibility index (Phi) is 6.53. The molecule has 0 atom stereocenters. The van der Waals surface area contributed by atoms with Crippen LogP contribution in [0.3, 0.4) is 0 Å². The van der Waals surface area contributed by atoms with E-state index in [9.17, 15) is 13.6 Å². The van der Waals surface area contributed by atoms with Gasteiger partial charge in [0.15, 0.2) is 5.65 Å². The Hall–Kier alpha value is -2.87. The Labute approximate surface area is 168 Å². The van der Waals surface area contributed by atoms with Crippen LogP contribution in [0.5, 0.6) is 0 Å². The molecule has 0 radical (unpaired) electrons. The Bertz CT molecular complexity index is 972. The summed E-state index contributed by atoms with van der Waals surface area (Å²) in [6.07, 6.45) is -0.750. The van der Waals surface area contributed by atoms with Gasteiger partial charge in [0.25, 0.3) is 12.3 Å². The molecule has 1 amide bonds. The molecule has 0 aliphatic rings. The average Bonchev–Trinajstić information content (AvgIpc) is 3.11. The Morgan fingerprint density at radius 2 is 1.97 bits per heavy atom. The quantitative estimate of drug-likeness (QED) is 0.626. The van der Waals surface area contributed by atoms with E-state index in [1.807, 2.05) is 44.2 Å². The molecule has 3 rings (SSSR count). The summed E-state index contributed by atoms with van der Waals surface area (Å²) in [7, 11) is 1.60. The molecule has 3 aromatic rings. The first-order valence-corrected chi connectivity index (χ1v) is 9.55. The van der Waals surface area contributed by atoms with Gasteiger partial charge in [-0.05, 0) is 27.0 Å². The first-order chi connectivity index (χ1) is 13.9. The summed E-state index contributed by atoms with van der Waals surface area (Å²) in [5, 5.41) is 7.88. The largest absolute Gasteiger partial charge is 0.351 e. The van der Waals surface area contributed by atoms with E-state index in [0.717, 1.165) is 5.56 Å². The van der Waals surface area contributed by atoms with Gasteiger partial charge < -0.3 is 5.32 Å². The lowest BCUT2D eigenvalue weighted by Crippen LogP contribution is -2.35. The number of likely N-dealkylation sites (N-methyl/N-ethyl adjacent to an activating group) is 1. The fraction of sp³-hybridized carbons (Fsp3) is 0.381. The van der Waals surface area contributed by atoms with E-state index in [1.165, 1.54) is 4.90 Å². The lowest BCUT2D eigenvalue weighted by atomic mass is 10.1. The number of halogens is 2. The summed E-state index contributed by atoms with van der Waals surface area (Å²) < 4.78 is 26.7. The number of hydrogen-bond donors (Lipinski definition) is 1. The summed E-state index contributed by atoms with van der Waals surface area (Å²) >= 11 is 0. The maximum absolute atomic E-state index is 12.9. The maximum atomic E-state index is 12.9. The van der Waals surface area contributed by atoms with Gasteiger partial charge in [0.2, 0.25) is 0 Å². The smallest absolute Gasteiger partial charge is 0.252 e. The van der Waals surface area contributed by atoms with Gasteiger partial charge in [0, 0.05) is 24.7 Å². The topological polar surface area (TPSA) is 63.1 Å². The summed E-state index contributed by atoms with van der Waals surface area (Å²) in [5.74, 6) is -0.275. The van der Waals surface area contributed by atoms with Crippen LogP contribution in [0.15, 0.2) is 42.6 Å². The summed E-state index contributed by atoms with van der Waals surface area (Å²) in [4.78, 5) is 19.1. The van der Waals surface area contributed by atoms with E-state index < -0.39 is 6.43 Å². The number of carbonyl (C=O) groups is 1. The van der Waals surface area contributed by atoms with Crippen molar-refractivity contribution in [3.63, 3.8) is 0 Å². The predicted molar refractivity (Wildman–Crippen MR) is 109 cm³/mol. The molecule has 0 aliphatic carbocycles. The highest BCUT2D eigenvalue weighted by molar-refractivity contribution is 6.06. The van der Waals surface area contributed by atoms with Crippen LogP contribution in [0, 0.1) is 0 Å². The first-order valence-electron chi connectivity index (χ1n) is 9.55. The van der Waals surface area contributed by atoms with Crippen molar-refractivity contribution in [2.24, 2.45) is 0 Å². The van der Waals surface area contributed by atoms with Crippen LogP contribution in [0.1, 0.15) is 30.2 Å². The first kappa shape index (κ1) is 20.9. The zero-order valence-electron chi connectivity index (χ0n) is 16.8. The van der Waals surface area contributed by atoms with Gasteiger partial charge in [-0.1, -0.05) is 30.3 Å². The van der Waals surface area contributed by atoms with Crippen molar-refractivity contribution in [3.05, 3.63) is 48.2 Å². The number of nitrogens with one attached hydrogen (secondary N) is 1. The second-order valence-corrected chi connectivity index (χ2v) is 7.25. The Balaban J connectivity index is 1.90. The highest BCUT2D eigenvalue weighted by atomic mass is 19.3. The molecule has 6 nitrogen and oxygen atoms in total. The van der Waals surface area contributed by atoms with Crippen molar-refractivity contribution in [1.82, 2.24) is 25.0 Å².